The van der Waals surface area contributed by atoms with E-state index < -0.39 is 11.7 Å². The number of nitrogens with one attached hydrogen (secondary N) is 1. The number of halogens is 3. The predicted molar refractivity (Wildman–Crippen MR) is 101 cm³/mol. The highest BCUT2D eigenvalue weighted by Gasteiger charge is 2.31. The zero-order chi connectivity index (χ0) is 19.3. The summed E-state index contributed by atoms with van der Waals surface area (Å²) in [4.78, 5) is 17.9. The van der Waals surface area contributed by atoms with Crippen molar-refractivity contribution in [3.8, 4) is 0 Å². The van der Waals surface area contributed by atoms with Crippen LogP contribution in [0.15, 0.2) is 48.7 Å². The van der Waals surface area contributed by atoms with E-state index in [4.69, 9.17) is 0 Å². The van der Waals surface area contributed by atoms with Gasteiger partial charge in [0.2, 0.25) is 5.91 Å². The van der Waals surface area contributed by atoms with E-state index in [1.807, 2.05) is 35.2 Å². The summed E-state index contributed by atoms with van der Waals surface area (Å²) in [5.74, 6) is 1.63. The number of pyridine rings is 1. The van der Waals surface area contributed by atoms with Crippen molar-refractivity contribution in [2.45, 2.75) is 24.4 Å². The third-order valence-electron chi connectivity index (χ3n) is 4.30. The van der Waals surface area contributed by atoms with E-state index in [0.717, 1.165) is 24.4 Å². The molecule has 3 rings (SSSR count). The number of carbonyl (C=O) groups excluding carboxylic acids is 1. The molecule has 144 valence electrons. The molecule has 0 unspecified atom stereocenters. The first-order valence-electron chi connectivity index (χ1n) is 8.61. The molecular weight excluding hydrogens is 375 g/mol. The number of aromatic nitrogens is 1. The summed E-state index contributed by atoms with van der Waals surface area (Å²) >= 11 is 1.55. The third-order valence-corrected chi connectivity index (χ3v) is 5.30. The predicted octanol–water partition coefficient (Wildman–Crippen LogP) is 3.73. The Morgan fingerprint density at radius 2 is 2.00 bits per heavy atom. The van der Waals surface area contributed by atoms with E-state index in [1.54, 1.807) is 11.8 Å². The Balaban J connectivity index is 1.43. The van der Waals surface area contributed by atoms with Gasteiger partial charge < -0.3 is 10.2 Å². The van der Waals surface area contributed by atoms with Crippen molar-refractivity contribution in [3.05, 3.63) is 59.8 Å². The normalized spacial score (nSPS) is 17.1. The van der Waals surface area contributed by atoms with E-state index >= 15 is 0 Å². The molecule has 0 spiro atoms. The number of anilines is 1. The lowest BCUT2D eigenvalue weighted by Crippen LogP contribution is -2.38. The minimum absolute atomic E-state index is 0.0149. The first-order chi connectivity index (χ1) is 12.9. The molecule has 0 bridgehead atoms. The number of thioether (sulfide) groups is 1. The van der Waals surface area contributed by atoms with Gasteiger partial charge >= 0.3 is 6.18 Å². The molecule has 1 aromatic heterocycles. The van der Waals surface area contributed by atoms with Gasteiger partial charge in [0.25, 0.3) is 0 Å². The summed E-state index contributed by atoms with van der Waals surface area (Å²) < 4.78 is 37.8. The number of carbonyl (C=O) groups is 1. The van der Waals surface area contributed by atoms with Gasteiger partial charge in [0.05, 0.1) is 11.3 Å². The van der Waals surface area contributed by atoms with Gasteiger partial charge in [0, 0.05) is 31.1 Å². The topological polar surface area (TPSA) is 45.2 Å². The zero-order valence-corrected chi connectivity index (χ0v) is 15.4. The second-order valence-electron chi connectivity index (χ2n) is 6.38. The van der Waals surface area contributed by atoms with Gasteiger partial charge in [-0.25, -0.2) is 4.98 Å². The maximum absolute atomic E-state index is 12.6. The molecule has 1 aliphatic heterocycles. The number of hydrogen-bond acceptors (Lipinski definition) is 4. The van der Waals surface area contributed by atoms with Crippen LogP contribution in [0.2, 0.25) is 0 Å². The average Bonchev–Trinajstić information content (AvgIpc) is 3.10. The van der Waals surface area contributed by atoms with Crippen LogP contribution in [0.5, 0.6) is 0 Å². The second-order valence-corrected chi connectivity index (χ2v) is 7.37. The van der Waals surface area contributed by atoms with Crippen LogP contribution in [0.3, 0.4) is 0 Å². The summed E-state index contributed by atoms with van der Waals surface area (Å²) in [5, 5.41) is 2.99. The Labute approximate surface area is 160 Å². The van der Waals surface area contributed by atoms with Crippen LogP contribution in [-0.4, -0.2) is 35.8 Å². The van der Waals surface area contributed by atoms with Crippen molar-refractivity contribution in [2.24, 2.45) is 0 Å². The van der Waals surface area contributed by atoms with Crippen molar-refractivity contribution in [3.63, 3.8) is 0 Å². The average molecular weight is 395 g/mol. The lowest BCUT2D eigenvalue weighted by molar-refractivity contribution is -0.137. The smallest absolute Gasteiger partial charge is 0.354 e. The zero-order valence-electron chi connectivity index (χ0n) is 14.6. The van der Waals surface area contributed by atoms with Crippen molar-refractivity contribution in [1.29, 1.82) is 0 Å². The van der Waals surface area contributed by atoms with Crippen molar-refractivity contribution in [1.82, 2.24) is 10.3 Å². The van der Waals surface area contributed by atoms with Crippen LogP contribution in [0, 0.1) is 0 Å². The highest BCUT2D eigenvalue weighted by atomic mass is 32.2. The van der Waals surface area contributed by atoms with Gasteiger partial charge in [-0.2, -0.15) is 13.2 Å². The van der Waals surface area contributed by atoms with Gasteiger partial charge in [0.1, 0.15) is 5.82 Å². The Bertz CT molecular complexity index is 753. The minimum atomic E-state index is -4.38. The Morgan fingerprint density at radius 3 is 2.67 bits per heavy atom. The van der Waals surface area contributed by atoms with Gasteiger partial charge in [-0.1, -0.05) is 30.3 Å². The van der Waals surface area contributed by atoms with Gasteiger partial charge in [-0.3, -0.25) is 4.79 Å². The largest absolute Gasteiger partial charge is 0.417 e. The number of alkyl halides is 3. The number of nitrogens with zero attached hydrogens (tertiary/aromatic N) is 2. The number of amides is 1. The highest BCUT2D eigenvalue weighted by Crippen LogP contribution is 2.29. The molecule has 1 aliphatic rings. The SMILES string of the molecule is O=C(CSCc1ccccc1)N[C@H]1CCN(c2ccc(C(F)(F)F)cn2)C1. The maximum atomic E-state index is 12.6. The van der Waals surface area contributed by atoms with E-state index in [-0.39, 0.29) is 11.9 Å². The fourth-order valence-corrected chi connectivity index (χ4v) is 3.73. The lowest BCUT2D eigenvalue weighted by Gasteiger charge is -2.18. The van der Waals surface area contributed by atoms with Crippen LogP contribution >= 0.6 is 11.8 Å². The Hall–Kier alpha value is -2.22. The van der Waals surface area contributed by atoms with Crippen molar-refractivity contribution < 1.29 is 18.0 Å². The first-order valence-corrected chi connectivity index (χ1v) is 9.76. The molecule has 1 atom stereocenters. The molecular formula is C19H20F3N3OS. The molecule has 0 aliphatic carbocycles. The number of rotatable bonds is 6. The standard InChI is InChI=1S/C19H20F3N3OS/c20-19(21,22)15-6-7-17(23-10-15)25-9-8-16(11-25)24-18(26)13-27-12-14-4-2-1-3-5-14/h1-7,10,16H,8-9,11-13H2,(H,24,26)/t16-/m0/s1. The van der Waals surface area contributed by atoms with Crippen molar-refractivity contribution >= 4 is 23.5 Å². The lowest BCUT2D eigenvalue weighted by atomic mass is 10.2. The number of benzene rings is 1. The fraction of sp³-hybridized carbons (Fsp3) is 0.368. The summed E-state index contributed by atoms with van der Waals surface area (Å²) in [6.07, 6.45) is -2.79. The first kappa shape index (κ1) is 19.5. The highest BCUT2D eigenvalue weighted by molar-refractivity contribution is 7.99. The number of hydrogen-bond donors (Lipinski definition) is 1. The molecule has 1 aromatic carbocycles. The maximum Gasteiger partial charge on any atom is 0.417 e. The van der Waals surface area contributed by atoms with Crippen LogP contribution in [0.4, 0.5) is 19.0 Å². The van der Waals surface area contributed by atoms with E-state index in [2.05, 4.69) is 10.3 Å². The molecule has 2 heterocycles. The molecule has 0 saturated carbocycles. The monoisotopic (exact) mass is 395 g/mol. The van der Waals surface area contributed by atoms with Crippen molar-refractivity contribution in [2.75, 3.05) is 23.7 Å². The Morgan fingerprint density at radius 1 is 1.22 bits per heavy atom. The van der Waals surface area contributed by atoms with Crippen LogP contribution < -0.4 is 10.2 Å². The molecule has 4 nitrogen and oxygen atoms in total. The minimum Gasteiger partial charge on any atom is -0.354 e. The molecule has 1 amide bonds. The molecule has 27 heavy (non-hydrogen) atoms. The van der Waals surface area contributed by atoms with E-state index in [1.165, 1.54) is 11.6 Å². The van der Waals surface area contributed by atoms with Crippen LogP contribution in [-0.2, 0) is 16.7 Å². The molecule has 2 aromatic rings. The summed E-state index contributed by atoms with van der Waals surface area (Å²) in [5.41, 5.74) is 0.418. The summed E-state index contributed by atoms with van der Waals surface area (Å²) in [6.45, 7) is 1.20. The van der Waals surface area contributed by atoms with Gasteiger partial charge in [0.15, 0.2) is 0 Å². The molecule has 1 N–H and O–H groups in total. The molecule has 8 heteroatoms. The quantitative estimate of drug-likeness (QED) is 0.810. The molecule has 1 fully saturated rings. The van der Waals surface area contributed by atoms with E-state index in [9.17, 15) is 18.0 Å². The molecule has 0 radical (unpaired) electrons. The molecule has 1 saturated heterocycles. The second kappa shape index (κ2) is 8.65. The Kier molecular flexibility index (Phi) is 6.26. The van der Waals surface area contributed by atoms with E-state index in [0.29, 0.717) is 24.7 Å². The summed E-state index contributed by atoms with van der Waals surface area (Å²) in [7, 11) is 0. The van der Waals surface area contributed by atoms with Gasteiger partial charge in [-0.05, 0) is 24.1 Å². The van der Waals surface area contributed by atoms with Gasteiger partial charge in [-0.15, -0.1) is 11.8 Å². The van der Waals surface area contributed by atoms with Crippen LogP contribution in [0.1, 0.15) is 17.5 Å². The fourth-order valence-electron chi connectivity index (χ4n) is 2.93. The third kappa shape index (κ3) is 5.63. The van der Waals surface area contributed by atoms with Crippen LogP contribution in [0.25, 0.3) is 0 Å². The summed E-state index contributed by atoms with van der Waals surface area (Å²) in [6, 6.07) is 12.3.